The summed E-state index contributed by atoms with van der Waals surface area (Å²) in [5.41, 5.74) is 2.59. The molecule has 1 aromatic heterocycles. The molecule has 1 aromatic carbocycles. The molecule has 0 unspecified atom stereocenters. The van der Waals surface area contributed by atoms with Crippen molar-refractivity contribution in [1.82, 2.24) is 14.2 Å². The summed E-state index contributed by atoms with van der Waals surface area (Å²) in [6.45, 7) is 4.12. The van der Waals surface area contributed by atoms with Crippen molar-refractivity contribution < 1.29 is 13.2 Å². The van der Waals surface area contributed by atoms with E-state index in [1.54, 1.807) is 35.2 Å². The Morgan fingerprint density at radius 3 is 2.32 bits per heavy atom. The molecule has 1 saturated heterocycles. The molecule has 0 N–H and O–H groups in total. The van der Waals surface area contributed by atoms with Crippen LogP contribution < -0.4 is 4.90 Å². The van der Waals surface area contributed by atoms with E-state index in [1.807, 2.05) is 20.0 Å². The molecule has 2 aliphatic heterocycles. The number of hydrogen-bond donors (Lipinski definition) is 0. The van der Waals surface area contributed by atoms with E-state index in [0.29, 0.717) is 23.7 Å². The Hall–Kier alpha value is -2.45. The molecule has 28 heavy (non-hydrogen) atoms. The van der Waals surface area contributed by atoms with Gasteiger partial charge < -0.3 is 9.80 Å². The van der Waals surface area contributed by atoms with Gasteiger partial charge in [-0.25, -0.2) is 13.4 Å². The molecule has 1 amide bonds. The molecule has 0 aliphatic carbocycles. The monoisotopic (exact) mass is 400 g/mol. The molecule has 3 heterocycles. The average Bonchev–Trinajstić information content (AvgIpc) is 3.08. The van der Waals surface area contributed by atoms with Crippen LogP contribution in [0.15, 0.2) is 41.3 Å². The third-order valence-corrected chi connectivity index (χ3v) is 7.35. The van der Waals surface area contributed by atoms with Gasteiger partial charge in [0.05, 0.1) is 4.90 Å². The largest absolute Gasteiger partial charge is 0.359 e. The summed E-state index contributed by atoms with van der Waals surface area (Å²) in [5, 5.41) is 0. The van der Waals surface area contributed by atoms with Crippen LogP contribution in [0.4, 0.5) is 5.82 Å². The number of sulfonamides is 1. The number of fused-ring (bicyclic) bond motifs is 1. The first-order valence-electron chi connectivity index (χ1n) is 9.43. The fourth-order valence-corrected chi connectivity index (χ4v) is 5.09. The van der Waals surface area contributed by atoms with Crippen LogP contribution in [0, 0.1) is 6.92 Å². The van der Waals surface area contributed by atoms with Crippen LogP contribution in [-0.4, -0.2) is 68.3 Å². The Labute approximate surface area is 165 Å². The van der Waals surface area contributed by atoms with Crippen molar-refractivity contribution in [3.05, 3.63) is 53.2 Å². The summed E-state index contributed by atoms with van der Waals surface area (Å²) in [5.74, 6) is 0.724. The molecule has 148 valence electrons. The van der Waals surface area contributed by atoms with E-state index in [-0.39, 0.29) is 19.0 Å². The number of anilines is 1. The molecule has 0 radical (unpaired) electrons. The van der Waals surface area contributed by atoms with Gasteiger partial charge in [-0.1, -0.05) is 23.8 Å². The Morgan fingerprint density at radius 2 is 1.64 bits per heavy atom. The van der Waals surface area contributed by atoms with E-state index in [1.165, 1.54) is 4.31 Å². The van der Waals surface area contributed by atoms with Gasteiger partial charge in [0.2, 0.25) is 10.0 Å². The molecule has 0 spiro atoms. The summed E-state index contributed by atoms with van der Waals surface area (Å²) < 4.78 is 27.1. The summed E-state index contributed by atoms with van der Waals surface area (Å²) in [6.07, 6.45) is 0.947. The minimum atomic E-state index is -3.53. The predicted octanol–water partition coefficient (Wildman–Crippen LogP) is 1.53. The van der Waals surface area contributed by atoms with Crippen molar-refractivity contribution in [1.29, 1.82) is 0 Å². The van der Waals surface area contributed by atoms with Gasteiger partial charge in [0.1, 0.15) is 11.5 Å². The fraction of sp³-hybridized carbons (Fsp3) is 0.400. The lowest BCUT2D eigenvalue weighted by molar-refractivity contribution is 0.0692. The van der Waals surface area contributed by atoms with Gasteiger partial charge >= 0.3 is 0 Å². The lowest BCUT2D eigenvalue weighted by Crippen LogP contribution is -2.50. The van der Waals surface area contributed by atoms with Gasteiger partial charge in [-0.15, -0.1) is 0 Å². The number of nitrogens with zero attached hydrogens (tertiary/aromatic N) is 4. The summed E-state index contributed by atoms with van der Waals surface area (Å²) in [6, 6.07) is 10.6. The second-order valence-corrected chi connectivity index (χ2v) is 9.30. The molecule has 2 aliphatic rings. The number of likely N-dealkylation sites (N-methyl/N-ethyl adjacent to an activating group) is 1. The maximum atomic E-state index is 12.8. The second-order valence-electron chi connectivity index (χ2n) is 7.36. The normalized spacial score (nSPS) is 17.6. The Kier molecular flexibility index (Phi) is 4.84. The summed E-state index contributed by atoms with van der Waals surface area (Å²) >= 11 is 0. The first-order chi connectivity index (χ1) is 13.4. The Morgan fingerprint density at radius 1 is 0.964 bits per heavy atom. The highest BCUT2D eigenvalue weighted by molar-refractivity contribution is 7.89. The number of amides is 1. The van der Waals surface area contributed by atoms with Crippen molar-refractivity contribution in [2.24, 2.45) is 0 Å². The Balaban J connectivity index is 1.45. The minimum absolute atomic E-state index is 0.143. The summed E-state index contributed by atoms with van der Waals surface area (Å²) in [7, 11) is -1.56. The number of pyridine rings is 1. The number of benzene rings is 1. The van der Waals surface area contributed by atoms with Crippen LogP contribution in [0.2, 0.25) is 0 Å². The number of hydrogen-bond acceptors (Lipinski definition) is 5. The quantitative estimate of drug-likeness (QED) is 0.781. The molecule has 7 nitrogen and oxygen atoms in total. The van der Waals surface area contributed by atoms with Gasteiger partial charge in [-0.2, -0.15) is 4.31 Å². The van der Waals surface area contributed by atoms with Crippen LogP contribution >= 0.6 is 0 Å². The topological polar surface area (TPSA) is 73.8 Å². The van der Waals surface area contributed by atoms with Crippen molar-refractivity contribution in [2.45, 2.75) is 18.2 Å². The van der Waals surface area contributed by atoms with Crippen molar-refractivity contribution in [3.8, 4) is 0 Å². The Bertz CT molecular complexity index is 997. The molecule has 0 saturated carbocycles. The maximum absolute atomic E-state index is 12.8. The van der Waals surface area contributed by atoms with E-state index in [0.717, 1.165) is 29.9 Å². The molecular weight excluding hydrogens is 376 g/mol. The maximum Gasteiger partial charge on any atom is 0.272 e. The van der Waals surface area contributed by atoms with E-state index < -0.39 is 10.0 Å². The van der Waals surface area contributed by atoms with E-state index >= 15 is 0 Å². The smallest absolute Gasteiger partial charge is 0.272 e. The van der Waals surface area contributed by atoms with Crippen LogP contribution in [0.1, 0.15) is 21.6 Å². The summed E-state index contributed by atoms with van der Waals surface area (Å²) in [4.78, 5) is 21.4. The third kappa shape index (κ3) is 3.38. The van der Waals surface area contributed by atoms with Gasteiger partial charge in [0, 0.05) is 39.8 Å². The zero-order valence-electron chi connectivity index (χ0n) is 16.1. The van der Waals surface area contributed by atoms with Crippen LogP contribution in [0.3, 0.4) is 0 Å². The van der Waals surface area contributed by atoms with Crippen LogP contribution in [0.5, 0.6) is 0 Å². The van der Waals surface area contributed by atoms with E-state index in [2.05, 4.69) is 9.88 Å². The number of aromatic nitrogens is 1. The number of carbonyl (C=O) groups excluding carboxylic acids is 1. The number of carbonyl (C=O) groups is 1. The molecule has 1 fully saturated rings. The van der Waals surface area contributed by atoms with Crippen LogP contribution in [0.25, 0.3) is 0 Å². The molecule has 8 heteroatoms. The number of rotatable bonds is 3. The number of piperazine rings is 1. The van der Waals surface area contributed by atoms with Crippen molar-refractivity contribution in [2.75, 3.05) is 44.7 Å². The van der Waals surface area contributed by atoms with Crippen LogP contribution in [-0.2, 0) is 16.4 Å². The minimum Gasteiger partial charge on any atom is -0.359 e. The highest BCUT2D eigenvalue weighted by atomic mass is 32.2. The first-order valence-corrected chi connectivity index (χ1v) is 10.9. The standard InChI is InChI=1S/C20H24N4O3S/c1-15-3-6-17(7-4-15)28(26,27)24-13-11-23(12-14-24)20(25)18-8-5-16-9-10-22(2)19(16)21-18/h3-8H,9-14H2,1-2H3. The SMILES string of the molecule is Cc1ccc(S(=O)(=O)N2CCN(C(=O)c3ccc4c(n3)N(C)CC4)CC2)cc1. The average molecular weight is 401 g/mol. The van der Waals surface area contributed by atoms with Gasteiger partial charge in [0.15, 0.2) is 0 Å². The lowest BCUT2D eigenvalue weighted by atomic mass is 10.2. The third-order valence-electron chi connectivity index (χ3n) is 5.44. The predicted molar refractivity (Wildman–Crippen MR) is 107 cm³/mol. The second kappa shape index (κ2) is 7.18. The van der Waals surface area contributed by atoms with E-state index in [9.17, 15) is 13.2 Å². The van der Waals surface area contributed by atoms with Gasteiger partial charge in [-0.05, 0) is 37.1 Å². The molecule has 0 atom stereocenters. The van der Waals surface area contributed by atoms with Crippen molar-refractivity contribution >= 4 is 21.7 Å². The first kappa shape index (κ1) is 18.9. The highest BCUT2D eigenvalue weighted by Gasteiger charge is 2.31. The molecule has 2 aromatic rings. The molecule has 4 rings (SSSR count). The molecule has 0 bridgehead atoms. The fourth-order valence-electron chi connectivity index (χ4n) is 3.67. The van der Waals surface area contributed by atoms with Gasteiger partial charge in [-0.3, -0.25) is 4.79 Å². The highest BCUT2D eigenvalue weighted by Crippen LogP contribution is 2.25. The molecular formula is C20H24N4O3S. The number of aryl methyl sites for hydroxylation is 1. The van der Waals surface area contributed by atoms with E-state index in [4.69, 9.17) is 0 Å². The van der Waals surface area contributed by atoms with Crippen molar-refractivity contribution in [3.63, 3.8) is 0 Å². The lowest BCUT2D eigenvalue weighted by Gasteiger charge is -2.34. The van der Waals surface area contributed by atoms with Gasteiger partial charge in [0.25, 0.3) is 5.91 Å². The zero-order chi connectivity index (χ0) is 19.9. The zero-order valence-corrected chi connectivity index (χ0v) is 16.9.